The van der Waals surface area contributed by atoms with E-state index in [1.807, 2.05) is 31.2 Å². The normalized spacial score (nSPS) is 14.7. The van der Waals surface area contributed by atoms with Crippen LogP contribution in [0.4, 0.5) is 10.1 Å². The van der Waals surface area contributed by atoms with Crippen LogP contribution in [0.15, 0.2) is 42.5 Å². The van der Waals surface area contributed by atoms with Gasteiger partial charge in [0.05, 0.1) is 6.04 Å². The average Bonchev–Trinajstić information content (AvgIpc) is 3.43. The number of nitrogens with one attached hydrogen (secondary N) is 2. The van der Waals surface area contributed by atoms with Gasteiger partial charge in [-0.05, 0) is 62.1 Å². The molecule has 0 saturated heterocycles. The summed E-state index contributed by atoms with van der Waals surface area (Å²) in [7, 11) is 0. The fraction of sp³-hybridized carbons (Fsp3) is 0.300. The van der Waals surface area contributed by atoms with Gasteiger partial charge >= 0.3 is 0 Å². The molecule has 0 bridgehead atoms. The molecule has 1 aliphatic rings. The van der Waals surface area contributed by atoms with E-state index >= 15 is 0 Å². The minimum atomic E-state index is -0.393. The fourth-order valence-corrected chi connectivity index (χ4v) is 2.54. The second-order valence-corrected chi connectivity index (χ2v) is 6.54. The number of anilines is 1. The van der Waals surface area contributed by atoms with Crippen LogP contribution in [-0.2, 0) is 4.79 Å². The Kier molecular flexibility index (Phi) is 4.83. The van der Waals surface area contributed by atoms with Crippen molar-refractivity contribution in [1.82, 2.24) is 5.32 Å². The maximum Gasteiger partial charge on any atom is 0.251 e. The number of rotatable bonds is 5. The number of hydrogen-bond donors (Lipinski definition) is 2. The molecule has 2 aromatic rings. The van der Waals surface area contributed by atoms with Gasteiger partial charge in [-0.2, -0.15) is 0 Å². The van der Waals surface area contributed by atoms with E-state index in [1.165, 1.54) is 6.07 Å². The van der Waals surface area contributed by atoms with Crippen LogP contribution < -0.4 is 10.6 Å². The summed E-state index contributed by atoms with van der Waals surface area (Å²) in [5, 5.41) is 5.73. The molecule has 1 aliphatic carbocycles. The van der Waals surface area contributed by atoms with Crippen LogP contribution >= 0.6 is 0 Å². The molecule has 1 fully saturated rings. The van der Waals surface area contributed by atoms with Crippen molar-refractivity contribution >= 4 is 17.5 Å². The maximum absolute atomic E-state index is 13.6. The molecule has 0 aliphatic heterocycles. The molecule has 3 rings (SSSR count). The van der Waals surface area contributed by atoms with Gasteiger partial charge < -0.3 is 10.6 Å². The van der Waals surface area contributed by atoms with Gasteiger partial charge in [-0.25, -0.2) is 4.39 Å². The third-order valence-corrected chi connectivity index (χ3v) is 4.41. The molecule has 4 nitrogen and oxygen atoms in total. The molecule has 130 valence electrons. The summed E-state index contributed by atoms with van der Waals surface area (Å²) in [6, 6.07) is 11.6. The summed E-state index contributed by atoms with van der Waals surface area (Å²) in [5.41, 5.74) is 2.46. The van der Waals surface area contributed by atoms with E-state index in [-0.39, 0.29) is 23.8 Å². The molecule has 2 amide bonds. The standard InChI is InChI=1S/C20H21FN2O2/c1-12-3-4-16(11-18(12)21)20(25)22-13(2)14-7-9-17(10-8-14)23-19(24)15-5-6-15/h3-4,7-11,13,15H,5-6H2,1-2H3,(H,22,25)(H,23,24). The highest BCUT2D eigenvalue weighted by atomic mass is 19.1. The predicted octanol–water partition coefficient (Wildman–Crippen LogP) is 3.97. The first kappa shape index (κ1) is 17.1. The molecular formula is C20H21FN2O2. The summed E-state index contributed by atoms with van der Waals surface area (Å²) >= 11 is 0. The quantitative estimate of drug-likeness (QED) is 0.865. The lowest BCUT2D eigenvalue weighted by Gasteiger charge is -2.15. The van der Waals surface area contributed by atoms with E-state index in [1.54, 1.807) is 19.1 Å². The smallest absolute Gasteiger partial charge is 0.251 e. The van der Waals surface area contributed by atoms with Gasteiger partial charge in [0.25, 0.3) is 5.91 Å². The molecule has 0 heterocycles. The second kappa shape index (κ2) is 7.05. The first-order chi connectivity index (χ1) is 11.9. The third-order valence-electron chi connectivity index (χ3n) is 4.41. The summed E-state index contributed by atoms with van der Waals surface area (Å²) < 4.78 is 13.6. The molecule has 0 spiro atoms. The Hall–Kier alpha value is -2.69. The number of halogens is 1. The van der Waals surface area contributed by atoms with Crippen molar-refractivity contribution in [3.63, 3.8) is 0 Å². The average molecular weight is 340 g/mol. The SMILES string of the molecule is Cc1ccc(C(=O)NC(C)c2ccc(NC(=O)C3CC3)cc2)cc1F. The third kappa shape index (κ3) is 4.24. The van der Waals surface area contributed by atoms with Crippen LogP contribution in [0.2, 0.25) is 0 Å². The van der Waals surface area contributed by atoms with Crippen LogP contribution in [0.3, 0.4) is 0 Å². The summed E-state index contributed by atoms with van der Waals surface area (Å²) in [5.74, 6) is -0.489. The van der Waals surface area contributed by atoms with E-state index < -0.39 is 5.82 Å². The largest absolute Gasteiger partial charge is 0.346 e. The number of hydrogen-bond acceptors (Lipinski definition) is 2. The second-order valence-electron chi connectivity index (χ2n) is 6.54. The number of carbonyl (C=O) groups is 2. The Morgan fingerprint density at radius 1 is 1.12 bits per heavy atom. The van der Waals surface area contributed by atoms with Gasteiger partial charge in [-0.1, -0.05) is 18.2 Å². The highest BCUT2D eigenvalue weighted by molar-refractivity contribution is 5.95. The van der Waals surface area contributed by atoms with Gasteiger partial charge in [0.15, 0.2) is 0 Å². The van der Waals surface area contributed by atoms with Crippen molar-refractivity contribution < 1.29 is 14.0 Å². The van der Waals surface area contributed by atoms with E-state index in [2.05, 4.69) is 10.6 Å². The molecule has 0 aromatic heterocycles. The van der Waals surface area contributed by atoms with Crippen molar-refractivity contribution in [3.05, 3.63) is 65.0 Å². The molecule has 2 N–H and O–H groups in total. The van der Waals surface area contributed by atoms with E-state index in [0.29, 0.717) is 11.1 Å². The first-order valence-corrected chi connectivity index (χ1v) is 8.42. The van der Waals surface area contributed by atoms with Crippen molar-refractivity contribution in [2.24, 2.45) is 5.92 Å². The van der Waals surface area contributed by atoms with Crippen molar-refractivity contribution in [2.75, 3.05) is 5.32 Å². The van der Waals surface area contributed by atoms with Crippen molar-refractivity contribution in [1.29, 1.82) is 0 Å². The van der Waals surface area contributed by atoms with E-state index in [0.717, 1.165) is 24.1 Å². The molecule has 5 heteroatoms. The molecule has 1 saturated carbocycles. The van der Waals surface area contributed by atoms with Crippen molar-refractivity contribution in [3.8, 4) is 0 Å². The first-order valence-electron chi connectivity index (χ1n) is 8.42. The predicted molar refractivity (Wildman–Crippen MR) is 94.8 cm³/mol. The summed E-state index contributed by atoms with van der Waals surface area (Å²) in [6.45, 7) is 3.52. The van der Waals surface area contributed by atoms with Crippen LogP contribution in [-0.4, -0.2) is 11.8 Å². The zero-order valence-electron chi connectivity index (χ0n) is 14.3. The van der Waals surface area contributed by atoms with Gasteiger partial charge in [0.1, 0.15) is 5.82 Å². The monoisotopic (exact) mass is 340 g/mol. The van der Waals surface area contributed by atoms with Crippen LogP contribution in [0, 0.1) is 18.7 Å². The number of benzene rings is 2. The summed E-state index contributed by atoms with van der Waals surface area (Å²) in [6.07, 6.45) is 1.93. The molecule has 1 unspecified atom stereocenters. The van der Waals surface area contributed by atoms with Gasteiger partial charge in [-0.15, -0.1) is 0 Å². The maximum atomic E-state index is 13.6. The van der Waals surface area contributed by atoms with Crippen LogP contribution in [0.25, 0.3) is 0 Å². The lowest BCUT2D eigenvalue weighted by molar-refractivity contribution is -0.117. The minimum absolute atomic E-state index is 0.0653. The Morgan fingerprint density at radius 2 is 1.80 bits per heavy atom. The Labute approximate surface area is 146 Å². The molecule has 0 radical (unpaired) electrons. The lowest BCUT2D eigenvalue weighted by Crippen LogP contribution is -2.26. The Bertz CT molecular complexity index is 798. The molecule has 1 atom stereocenters. The van der Waals surface area contributed by atoms with Gasteiger partial charge in [0, 0.05) is 17.2 Å². The van der Waals surface area contributed by atoms with Gasteiger partial charge in [0.2, 0.25) is 5.91 Å². The molecule has 2 aromatic carbocycles. The summed E-state index contributed by atoms with van der Waals surface area (Å²) in [4.78, 5) is 24.0. The minimum Gasteiger partial charge on any atom is -0.346 e. The molecular weight excluding hydrogens is 319 g/mol. The zero-order chi connectivity index (χ0) is 18.0. The number of carbonyl (C=O) groups excluding carboxylic acids is 2. The lowest BCUT2D eigenvalue weighted by atomic mass is 10.1. The fourth-order valence-electron chi connectivity index (χ4n) is 2.54. The number of amides is 2. The topological polar surface area (TPSA) is 58.2 Å². The number of aryl methyl sites for hydroxylation is 1. The van der Waals surface area contributed by atoms with Gasteiger partial charge in [-0.3, -0.25) is 9.59 Å². The Morgan fingerprint density at radius 3 is 2.40 bits per heavy atom. The molecule has 25 heavy (non-hydrogen) atoms. The highest BCUT2D eigenvalue weighted by Crippen LogP contribution is 2.30. The van der Waals surface area contributed by atoms with Crippen LogP contribution in [0.1, 0.15) is 47.3 Å². The zero-order valence-corrected chi connectivity index (χ0v) is 14.3. The van der Waals surface area contributed by atoms with E-state index in [4.69, 9.17) is 0 Å². The highest BCUT2D eigenvalue weighted by Gasteiger charge is 2.29. The van der Waals surface area contributed by atoms with Crippen LogP contribution in [0.5, 0.6) is 0 Å². The van der Waals surface area contributed by atoms with E-state index in [9.17, 15) is 14.0 Å². The Balaban J connectivity index is 1.61. The van der Waals surface area contributed by atoms with Crippen molar-refractivity contribution in [2.45, 2.75) is 32.7 Å².